The van der Waals surface area contributed by atoms with Crippen molar-refractivity contribution >= 4 is 17.9 Å². The molecule has 0 fully saturated rings. The predicted octanol–water partition coefficient (Wildman–Crippen LogP) is 21.8. The average Bonchev–Trinajstić information content (AvgIpc) is 3.64. The minimum absolute atomic E-state index is 0.145. The van der Waals surface area contributed by atoms with E-state index in [4.69, 9.17) is 18.9 Å². The fourth-order valence-electron chi connectivity index (χ4n) is 10.2. The van der Waals surface area contributed by atoms with Gasteiger partial charge >= 0.3 is 11.9 Å². The first kappa shape index (κ1) is 84.7. The number of likely N-dealkylation sites (N-methyl/N-ethyl adjacent to an activating group) is 1. The molecular formula is C80H137NO8. The number of carbonyl (C=O) groups excluding carboxylic acids is 3. The molecule has 9 heteroatoms. The molecule has 0 aliphatic rings. The zero-order valence-electron chi connectivity index (χ0n) is 58.3. The molecule has 0 aromatic carbocycles. The van der Waals surface area contributed by atoms with Crippen molar-refractivity contribution in [1.29, 1.82) is 0 Å². The highest BCUT2D eigenvalue weighted by Crippen LogP contribution is 2.18. The highest BCUT2D eigenvalue weighted by Gasteiger charge is 2.22. The van der Waals surface area contributed by atoms with Crippen LogP contribution in [0, 0.1) is 0 Å². The van der Waals surface area contributed by atoms with Gasteiger partial charge in [-0.05, 0) is 103 Å². The highest BCUT2D eigenvalue weighted by atomic mass is 16.7. The lowest BCUT2D eigenvalue weighted by Gasteiger charge is -2.26. The molecule has 0 aromatic rings. The first-order valence-corrected chi connectivity index (χ1v) is 36.7. The van der Waals surface area contributed by atoms with E-state index in [2.05, 4.69) is 135 Å². The maximum Gasteiger partial charge on any atom is 0.306 e. The van der Waals surface area contributed by atoms with Gasteiger partial charge in [-0.25, -0.2) is 0 Å². The number of allylic oxidation sites excluding steroid dienone is 20. The normalized spacial score (nSPS) is 13.4. The number of ether oxygens (including phenoxy) is 4. The number of unbranched alkanes of at least 4 members (excludes halogenated alkanes) is 32. The van der Waals surface area contributed by atoms with Crippen molar-refractivity contribution < 1.29 is 42.9 Å². The SMILES string of the molecule is CC/C=C\C/C=C\C/C=C\C/C=C\C/C=C\CCCCCCCCCCCCCCCCCCCCCC(=O)OC(COC(=O)CCCCCCCCCCCCCCC/C=C\C/C=C\C/C=C\C/C=C\C/C=C\CC)COC(OCC[N+](C)(C)C)C(=O)[O-]. The molecule has 0 heterocycles. The molecule has 2 atom stereocenters. The van der Waals surface area contributed by atoms with Crippen molar-refractivity contribution in [2.24, 2.45) is 0 Å². The third-order valence-corrected chi connectivity index (χ3v) is 15.7. The molecule has 0 spiro atoms. The quantitative estimate of drug-likeness (QED) is 0.0195. The Morgan fingerprint density at radius 1 is 0.337 bits per heavy atom. The molecule has 0 amide bonds. The first-order valence-electron chi connectivity index (χ1n) is 36.7. The van der Waals surface area contributed by atoms with Gasteiger partial charge in [-0.3, -0.25) is 9.59 Å². The molecule has 89 heavy (non-hydrogen) atoms. The summed E-state index contributed by atoms with van der Waals surface area (Å²) < 4.78 is 22.8. The Kier molecular flexibility index (Phi) is 66.2. The zero-order chi connectivity index (χ0) is 64.7. The number of carboxylic acid groups (broad SMARTS) is 1. The molecule has 2 unspecified atom stereocenters. The van der Waals surface area contributed by atoms with Crippen LogP contribution in [-0.2, 0) is 33.3 Å². The Balaban J connectivity index is 4.07. The number of quaternary nitrogens is 1. The highest BCUT2D eigenvalue weighted by molar-refractivity contribution is 5.70. The van der Waals surface area contributed by atoms with Crippen molar-refractivity contribution in [1.82, 2.24) is 0 Å². The van der Waals surface area contributed by atoms with Crippen LogP contribution in [0.25, 0.3) is 0 Å². The van der Waals surface area contributed by atoms with Gasteiger partial charge in [-0.1, -0.05) is 315 Å². The van der Waals surface area contributed by atoms with Crippen LogP contribution < -0.4 is 5.11 Å². The minimum Gasteiger partial charge on any atom is -0.545 e. The van der Waals surface area contributed by atoms with E-state index in [0.717, 1.165) is 96.3 Å². The lowest BCUT2D eigenvalue weighted by Crippen LogP contribution is -2.44. The fraction of sp³-hybridized carbons (Fsp3) is 0.713. The lowest BCUT2D eigenvalue weighted by molar-refractivity contribution is -0.870. The van der Waals surface area contributed by atoms with E-state index in [1.54, 1.807) is 0 Å². The van der Waals surface area contributed by atoms with Crippen LogP contribution in [0.5, 0.6) is 0 Å². The first-order chi connectivity index (χ1) is 43.6. The molecule has 0 N–H and O–H groups in total. The Labute approximate surface area is 548 Å². The number of nitrogens with zero attached hydrogens (tertiary/aromatic N) is 1. The van der Waals surface area contributed by atoms with Crippen LogP contribution >= 0.6 is 0 Å². The summed E-state index contributed by atoms with van der Waals surface area (Å²) in [7, 11) is 5.93. The van der Waals surface area contributed by atoms with Crippen LogP contribution in [0.1, 0.15) is 309 Å². The monoisotopic (exact) mass is 1240 g/mol. The molecule has 0 aromatic heterocycles. The predicted molar refractivity (Wildman–Crippen MR) is 380 cm³/mol. The van der Waals surface area contributed by atoms with E-state index in [9.17, 15) is 19.5 Å². The summed E-state index contributed by atoms with van der Waals surface area (Å²) in [6.45, 7) is 4.55. The number of rotatable bonds is 67. The smallest absolute Gasteiger partial charge is 0.306 e. The van der Waals surface area contributed by atoms with Crippen LogP contribution in [0.2, 0.25) is 0 Å². The second-order valence-electron chi connectivity index (χ2n) is 25.5. The van der Waals surface area contributed by atoms with E-state index in [-0.39, 0.29) is 38.6 Å². The molecule has 0 aliphatic carbocycles. The van der Waals surface area contributed by atoms with E-state index in [1.807, 2.05) is 21.1 Å². The number of hydrogen-bond donors (Lipinski definition) is 0. The van der Waals surface area contributed by atoms with Crippen LogP contribution in [0.3, 0.4) is 0 Å². The van der Waals surface area contributed by atoms with Gasteiger partial charge in [0.05, 0.1) is 40.3 Å². The number of carboxylic acids is 1. The maximum absolute atomic E-state index is 13.0. The summed E-state index contributed by atoms with van der Waals surface area (Å²) in [5.74, 6) is -2.28. The third kappa shape index (κ3) is 71.0. The fourth-order valence-corrected chi connectivity index (χ4v) is 10.2. The number of esters is 2. The standard InChI is InChI=1S/C80H137NO8/c1-6-8-10-12-14-16-18-20-22-24-26-28-30-32-34-36-37-38-39-40-41-43-45-47-49-51-53-55-57-59-61-63-65-67-69-71-78(83)89-76(75-88-80(79(84)85)86-73-72-81(3,4)5)74-87-77(82)70-68-66-64-62-60-58-56-54-52-50-48-46-44-42-35-33-31-29-27-25-23-21-19-17-15-13-11-9-7-2/h8-11,14-17,20-23,26-29,32-35,76,80H,6-7,12-13,18-19,24-25,30-31,36-75H2,1-5H3/b10-8-,11-9-,16-14-,17-15-,22-20-,23-21-,28-26-,29-27-,34-32-,35-33-. The van der Waals surface area contributed by atoms with Crippen LogP contribution in [0.15, 0.2) is 122 Å². The van der Waals surface area contributed by atoms with Crippen LogP contribution in [0.4, 0.5) is 0 Å². The van der Waals surface area contributed by atoms with Crippen LogP contribution in [-0.4, -0.2) is 82.3 Å². The lowest BCUT2D eigenvalue weighted by atomic mass is 10.0. The van der Waals surface area contributed by atoms with Crippen molar-refractivity contribution in [3.63, 3.8) is 0 Å². The van der Waals surface area contributed by atoms with Gasteiger partial charge in [0.15, 0.2) is 12.4 Å². The second kappa shape index (κ2) is 69.6. The van der Waals surface area contributed by atoms with Crippen molar-refractivity contribution in [3.05, 3.63) is 122 Å². The Hall–Kier alpha value is -4.31. The Morgan fingerprint density at radius 2 is 0.607 bits per heavy atom. The van der Waals surface area contributed by atoms with Gasteiger partial charge in [0.2, 0.25) is 0 Å². The molecule has 0 bridgehead atoms. The number of aliphatic carboxylic acids is 1. The Bertz CT molecular complexity index is 1880. The van der Waals surface area contributed by atoms with E-state index in [1.165, 1.54) is 180 Å². The van der Waals surface area contributed by atoms with Crippen molar-refractivity contribution in [2.45, 2.75) is 322 Å². The van der Waals surface area contributed by atoms with E-state index < -0.39 is 24.3 Å². The summed E-state index contributed by atoms with van der Waals surface area (Å²) in [4.78, 5) is 37.5. The van der Waals surface area contributed by atoms with Gasteiger partial charge in [0.1, 0.15) is 13.2 Å². The molecule has 0 saturated heterocycles. The molecule has 0 saturated carbocycles. The van der Waals surface area contributed by atoms with Gasteiger partial charge in [0.25, 0.3) is 0 Å². The number of carbonyl (C=O) groups is 3. The molecular weight excluding hydrogens is 1100 g/mol. The van der Waals surface area contributed by atoms with E-state index >= 15 is 0 Å². The molecule has 0 radical (unpaired) electrons. The summed E-state index contributed by atoms with van der Waals surface area (Å²) in [5, 5.41) is 11.8. The zero-order valence-corrected chi connectivity index (χ0v) is 58.3. The summed E-state index contributed by atoms with van der Waals surface area (Å²) in [6.07, 6.45) is 95.7. The molecule has 510 valence electrons. The third-order valence-electron chi connectivity index (χ3n) is 15.7. The summed E-state index contributed by atoms with van der Waals surface area (Å²) >= 11 is 0. The average molecular weight is 1240 g/mol. The van der Waals surface area contributed by atoms with Gasteiger partial charge in [-0.15, -0.1) is 0 Å². The Morgan fingerprint density at radius 3 is 0.899 bits per heavy atom. The van der Waals surface area contributed by atoms with Crippen molar-refractivity contribution in [2.75, 3.05) is 47.5 Å². The van der Waals surface area contributed by atoms with Gasteiger partial charge in [0, 0.05) is 12.8 Å². The minimum atomic E-state index is -1.63. The maximum atomic E-state index is 13.0. The summed E-state index contributed by atoms with van der Waals surface area (Å²) in [6, 6.07) is 0. The topological polar surface area (TPSA) is 111 Å². The number of hydrogen-bond acceptors (Lipinski definition) is 8. The van der Waals surface area contributed by atoms with Gasteiger partial charge in [-0.2, -0.15) is 0 Å². The molecule has 9 nitrogen and oxygen atoms in total. The molecule has 0 rings (SSSR count). The largest absolute Gasteiger partial charge is 0.545 e. The van der Waals surface area contributed by atoms with E-state index in [0.29, 0.717) is 17.4 Å². The van der Waals surface area contributed by atoms with Gasteiger partial charge < -0.3 is 33.3 Å². The second-order valence-corrected chi connectivity index (χ2v) is 25.5. The van der Waals surface area contributed by atoms with Crippen molar-refractivity contribution in [3.8, 4) is 0 Å². The summed E-state index contributed by atoms with van der Waals surface area (Å²) in [5.41, 5.74) is 0. The molecule has 0 aliphatic heterocycles.